The molecule has 0 aliphatic heterocycles. The molecule has 0 spiro atoms. The van der Waals surface area contributed by atoms with Crippen LogP contribution in [0.3, 0.4) is 0 Å². The van der Waals surface area contributed by atoms with Gasteiger partial charge >= 0.3 is 0 Å². The second-order valence-electron chi connectivity index (χ2n) is 13.8. The Bertz CT molecular complexity index is 3140. The largest absolute Gasteiger partial charge is 0.309 e. The van der Waals surface area contributed by atoms with Crippen LogP contribution in [0.15, 0.2) is 194 Å². The summed E-state index contributed by atoms with van der Waals surface area (Å²) in [5.74, 6) is 1.51. The van der Waals surface area contributed by atoms with E-state index in [1.54, 1.807) is 0 Å². The first-order chi connectivity index (χ1) is 26.8. The molecule has 0 unspecified atom stereocenters. The van der Waals surface area contributed by atoms with Gasteiger partial charge in [-0.05, 0) is 52.7 Å². The van der Waals surface area contributed by atoms with Crippen LogP contribution < -0.4 is 0 Å². The van der Waals surface area contributed by atoms with Gasteiger partial charge in [0, 0.05) is 50.0 Å². The molecule has 0 saturated carbocycles. The fourth-order valence-electron chi connectivity index (χ4n) is 8.32. The van der Waals surface area contributed by atoms with Crippen molar-refractivity contribution in [1.82, 2.24) is 19.1 Å². The lowest BCUT2D eigenvalue weighted by molar-refractivity contribution is 1.05. The van der Waals surface area contributed by atoms with E-state index < -0.39 is 0 Å². The van der Waals surface area contributed by atoms with Gasteiger partial charge in [0.05, 0.1) is 27.8 Å². The van der Waals surface area contributed by atoms with Crippen LogP contribution in [0.2, 0.25) is 0 Å². The lowest BCUT2D eigenvalue weighted by Crippen LogP contribution is -2.03. The van der Waals surface area contributed by atoms with Gasteiger partial charge in [-0.3, -0.25) is 4.57 Å². The monoisotopic (exact) mass is 688 g/mol. The van der Waals surface area contributed by atoms with Crippen molar-refractivity contribution in [2.75, 3.05) is 0 Å². The molecule has 0 aliphatic rings. The van der Waals surface area contributed by atoms with E-state index in [9.17, 15) is 0 Å². The average Bonchev–Trinajstić information content (AvgIpc) is 3.76. The lowest BCUT2D eigenvalue weighted by Gasteiger charge is -2.16. The van der Waals surface area contributed by atoms with Crippen molar-refractivity contribution in [2.45, 2.75) is 0 Å². The van der Waals surface area contributed by atoms with Gasteiger partial charge in [-0.2, -0.15) is 0 Å². The van der Waals surface area contributed by atoms with Crippen molar-refractivity contribution >= 4 is 54.4 Å². The molecule has 0 aliphatic carbocycles. The molecule has 4 nitrogen and oxygen atoms in total. The molecule has 0 bridgehead atoms. The standard InChI is InChI=1S/C50H32N4/c1-4-16-33(17-5-1)43-32-47(52-50(51-43)34-18-6-2-7-19-34)54-45-27-15-13-25-40(45)42-30-35-20-10-11-23-38(35)48(49(42)54)36-28-29-41-39-24-12-14-26-44(39)53(46(41)31-36)37-21-8-3-9-22-37/h1-32H. The van der Waals surface area contributed by atoms with Gasteiger partial charge in [0.25, 0.3) is 0 Å². The predicted molar refractivity (Wildman–Crippen MR) is 225 cm³/mol. The number of aromatic nitrogens is 4. The summed E-state index contributed by atoms with van der Waals surface area (Å²) in [4.78, 5) is 10.5. The maximum atomic E-state index is 5.37. The van der Waals surface area contributed by atoms with Crippen LogP contribution in [-0.4, -0.2) is 19.1 Å². The third-order valence-corrected chi connectivity index (χ3v) is 10.7. The minimum atomic E-state index is 0.689. The highest BCUT2D eigenvalue weighted by molar-refractivity contribution is 6.22. The quantitative estimate of drug-likeness (QED) is 0.180. The number of hydrogen-bond acceptors (Lipinski definition) is 2. The molecule has 0 amide bonds. The minimum Gasteiger partial charge on any atom is -0.309 e. The zero-order valence-corrected chi connectivity index (χ0v) is 29.3. The number of benzene rings is 8. The fraction of sp³-hybridized carbons (Fsp3) is 0. The van der Waals surface area contributed by atoms with Gasteiger partial charge in [0.1, 0.15) is 5.82 Å². The van der Waals surface area contributed by atoms with Crippen molar-refractivity contribution in [3.63, 3.8) is 0 Å². The molecule has 0 N–H and O–H groups in total. The Balaban J connectivity index is 1.28. The van der Waals surface area contributed by atoms with Crippen LogP contribution in [0, 0.1) is 0 Å². The molecule has 54 heavy (non-hydrogen) atoms. The number of rotatable bonds is 5. The van der Waals surface area contributed by atoms with Gasteiger partial charge < -0.3 is 4.57 Å². The molecule has 0 radical (unpaired) electrons. The molecule has 11 aromatic rings. The van der Waals surface area contributed by atoms with E-state index in [4.69, 9.17) is 9.97 Å². The maximum Gasteiger partial charge on any atom is 0.162 e. The highest BCUT2D eigenvalue weighted by Gasteiger charge is 2.22. The molecule has 252 valence electrons. The fourth-order valence-corrected chi connectivity index (χ4v) is 8.32. The van der Waals surface area contributed by atoms with Gasteiger partial charge in [-0.15, -0.1) is 0 Å². The molecule has 0 fully saturated rings. The second-order valence-corrected chi connectivity index (χ2v) is 13.8. The topological polar surface area (TPSA) is 35.6 Å². The van der Waals surface area contributed by atoms with Crippen molar-refractivity contribution in [3.8, 4) is 45.3 Å². The molecular formula is C50H32N4. The molecule has 0 atom stereocenters. The number of hydrogen-bond donors (Lipinski definition) is 0. The van der Waals surface area contributed by atoms with Crippen molar-refractivity contribution in [1.29, 1.82) is 0 Å². The average molecular weight is 689 g/mol. The Hall–Kier alpha value is -7.30. The molecule has 0 saturated heterocycles. The zero-order valence-electron chi connectivity index (χ0n) is 29.3. The molecule has 11 rings (SSSR count). The molecular weight excluding hydrogens is 657 g/mol. The minimum absolute atomic E-state index is 0.689. The van der Waals surface area contributed by atoms with Crippen LogP contribution in [0.5, 0.6) is 0 Å². The molecule has 4 heteroatoms. The Kier molecular flexibility index (Phi) is 6.82. The van der Waals surface area contributed by atoms with Crippen molar-refractivity contribution in [3.05, 3.63) is 194 Å². The molecule has 3 heterocycles. The van der Waals surface area contributed by atoms with E-state index in [0.29, 0.717) is 5.82 Å². The van der Waals surface area contributed by atoms with E-state index >= 15 is 0 Å². The van der Waals surface area contributed by atoms with Gasteiger partial charge in [0.2, 0.25) is 0 Å². The Morgan fingerprint density at radius 3 is 1.67 bits per heavy atom. The Morgan fingerprint density at radius 1 is 0.352 bits per heavy atom. The molecule has 3 aromatic heterocycles. The van der Waals surface area contributed by atoms with Gasteiger partial charge in [0.15, 0.2) is 5.82 Å². The van der Waals surface area contributed by atoms with Crippen molar-refractivity contribution in [2.24, 2.45) is 0 Å². The number of para-hydroxylation sites is 3. The first-order valence-electron chi connectivity index (χ1n) is 18.3. The van der Waals surface area contributed by atoms with E-state index in [0.717, 1.165) is 44.9 Å². The Morgan fingerprint density at radius 2 is 0.926 bits per heavy atom. The van der Waals surface area contributed by atoms with E-state index in [2.05, 4.69) is 179 Å². The highest BCUT2D eigenvalue weighted by Crippen LogP contribution is 2.44. The third-order valence-electron chi connectivity index (χ3n) is 10.7. The molecule has 8 aromatic carbocycles. The number of nitrogens with zero attached hydrogens (tertiary/aromatic N) is 4. The first kappa shape index (κ1) is 30.3. The van der Waals surface area contributed by atoms with E-state index in [-0.39, 0.29) is 0 Å². The maximum absolute atomic E-state index is 5.37. The third kappa shape index (κ3) is 4.70. The van der Waals surface area contributed by atoms with Gasteiger partial charge in [-0.25, -0.2) is 9.97 Å². The van der Waals surface area contributed by atoms with Crippen LogP contribution >= 0.6 is 0 Å². The summed E-state index contributed by atoms with van der Waals surface area (Å²) in [7, 11) is 0. The summed E-state index contributed by atoms with van der Waals surface area (Å²) in [6.07, 6.45) is 0. The zero-order chi connectivity index (χ0) is 35.6. The van der Waals surface area contributed by atoms with Crippen LogP contribution in [-0.2, 0) is 0 Å². The summed E-state index contributed by atoms with van der Waals surface area (Å²) >= 11 is 0. The first-order valence-corrected chi connectivity index (χ1v) is 18.3. The van der Waals surface area contributed by atoms with E-state index in [1.165, 1.54) is 48.9 Å². The Labute approximate surface area is 311 Å². The summed E-state index contributed by atoms with van der Waals surface area (Å²) in [5.41, 5.74) is 10.9. The second kappa shape index (κ2) is 12.1. The predicted octanol–water partition coefficient (Wildman–Crippen LogP) is 12.8. The summed E-state index contributed by atoms with van der Waals surface area (Å²) in [5, 5.41) is 7.22. The van der Waals surface area contributed by atoms with E-state index in [1.807, 2.05) is 24.3 Å². The summed E-state index contributed by atoms with van der Waals surface area (Å²) < 4.78 is 4.76. The smallest absolute Gasteiger partial charge is 0.162 e. The summed E-state index contributed by atoms with van der Waals surface area (Å²) in [6, 6.07) is 69.1. The SMILES string of the molecule is c1ccc(-c2cc(-n3c4ccccc4c4cc5ccccc5c(-c5ccc6c7ccccc7n(-c7ccccc7)c6c5)c43)nc(-c3ccccc3)n2)cc1. The van der Waals surface area contributed by atoms with Gasteiger partial charge in [-0.1, -0.05) is 152 Å². The lowest BCUT2D eigenvalue weighted by atomic mass is 9.94. The van der Waals surface area contributed by atoms with Crippen LogP contribution in [0.25, 0.3) is 99.7 Å². The van der Waals surface area contributed by atoms with Crippen LogP contribution in [0.1, 0.15) is 0 Å². The highest BCUT2D eigenvalue weighted by atomic mass is 15.1. The number of fused-ring (bicyclic) bond motifs is 7. The normalized spacial score (nSPS) is 11.7. The van der Waals surface area contributed by atoms with Crippen LogP contribution in [0.4, 0.5) is 0 Å². The van der Waals surface area contributed by atoms with Crippen molar-refractivity contribution < 1.29 is 0 Å². The summed E-state index contributed by atoms with van der Waals surface area (Å²) in [6.45, 7) is 0.